The molecule has 0 heterocycles. The first-order valence-electron chi connectivity index (χ1n) is 6.24. The van der Waals surface area contributed by atoms with Crippen LogP contribution in [0.2, 0.25) is 0 Å². The average molecular weight is 335 g/mol. The largest absolute Gasteiger partial charge is 0.378 e. The number of nitrogens with zero attached hydrogens (tertiary/aromatic N) is 1. The normalized spacial score (nSPS) is 11.9. The molecule has 0 amide bonds. The number of rotatable bonds is 4. The van der Waals surface area contributed by atoms with Gasteiger partial charge in [-0.15, -0.1) is 0 Å². The molecule has 0 saturated heterocycles. The third-order valence-corrected chi connectivity index (χ3v) is 3.74. The summed E-state index contributed by atoms with van der Waals surface area (Å²) in [4.78, 5) is 10.4. The van der Waals surface area contributed by atoms with E-state index in [4.69, 9.17) is 0 Å². The molecule has 2 aromatic rings. The van der Waals surface area contributed by atoms with E-state index in [-0.39, 0.29) is 11.7 Å². The second-order valence-electron chi connectivity index (χ2n) is 4.70. The summed E-state index contributed by atoms with van der Waals surface area (Å²) in [5.74, 6) is 0. The molecule has 104 valence electrons. The van der Waals surface area contributed by atoms with Gasteiger partial charge in [-0.25, -0.2) is 0 Å². The Morgan fingerprint density at radius 2 is 1.85 bits per heavy atom. The summed E-state index contributed by atoms with van der Waals surface area (Å²) in [5, 5.41) is 14.1. The van der Waals surface area contributed by atoms with Gasteiger partial charge in [0.05, 0.1) is 9.40 Å². The Morgan fingerprint density at radius 3 is 2.40 bits per heavy atom. The first-order chi connectivity index (χ1) is 9.47. The van der Waals surface area contributed by atoms with Gasteiger partial charge in [0, 0.05) is 17.8 Å². The third-order valence-electron chi connectivity index (χ3n) is 3.10. The summed E-state index contributed by atoms with van der Waals surface area (Å²) >= 11 is 3.22. The summed E-state index contributed by atoms with van der Waals surface area (Å²) < 4.78 is 0.476. The standard InChI is InChI=1S/C15H15BrN2O2/c1-10-3-5-12(6-4-10)11(2)17-13-7-8-15(18(19)20)14(16)9-13/h3-9,11,17H,1-2H3. The maximum Gasteiger partial charge on any atom is 0.283 e. The highest BCUT2D eigenvalue weighted by Gasteiger charge is 2.12. The van der Waals surface area contributed by atoms with Crippen LogP contribution in [0.15, 0.2) is 46.9 Å². The second-order valence-corrected chi connectivity index (χ2v) is 5.55. The molecule has 0 fully saturated rings. The SMILES string of the molecule is Cc1ccc(C(C)Nc2ccc([N+](=O)[O-])c(Br)c2)cc1. The van der Waals surface area contributed by atoms with Gasteiger partial charge in [-0.05, 0) is 47.5 Å². The first-order valence-corrected chi connectivity index (χ1v) is 7.03. The van der Waals surface area contributed by atoms with Crippen LogP contribution < -0.4 is 5.32 Å². The lowest BCUT2D eigenvalue weighted by Gasteiger charge is -2.16. The lowest BCUT2D eigenvalue weighted by molar-refractivity contribution is -0.385. The number of aryl methyl sites for hydroxylation is 1. The third kappa shape index (κ3) is 3.36. The van der Waals surface area contributed by atoms with E-state index < -0.39 is 4.92 Å². The molecule has 20 heavy (non-hydrogen) atoms. The van der Waals surface area contributed by atoms with Crippen molar-refractivity contribution in [2.45, 2.75) is 19.9 Å². The van der Waals surface area contributed by atoms with Crippen molar-refractivity contribution in [3.05, 3.63) is 68.2 Å². The fourth-order valence-corrected chi connectivity index (χ4v) is 2.46. The molecule has 1 unspecified atom stereocenters. The molecule has 0 aliphatic heterocycles. The molecule has 0 bridgehead atoms. The van der Waals surface area contributed by atoms with Crippen LogP contribution in [0.4, 0.5) is 11.4 Å². The van der Waals surface area contributed by atoms with Crippen LogP contribution in [0.5, 0.6) is 0 Å². The fourth-order valence-electron chi connectivity index (χ4n) is 1.93. The summed E-state index contributed by atoms with van der Waals surface area (Å²) in [7, 11) is 0. The molecule has 0 saturated carbocycles. The molecule has 0 aliphatic rings. The van der Waals surface area contributed by atoms with E-state index in [9.17, 15) is 10.1 Å². The van der Waals surface area contributed by atoms with Gasteiger partial charge < -0.3 is 5.32 Å². The van der Waals surface area contributed by atoms with Gasteiger partial charge in [0.2, 0.25) is 0 Å². The van der Waals surface area contributed by atoms with Crippen molar-refractivity contribution in [1.82, 2.24) is 0 Å². The zero-order valence-electron chi connectivity index (χ0n) is 11.3. The molecule has 2 aromatic carbocycles. The average Bonchev–Trinajstić information content (AvgIpc) is 2.39. The zero-order chi connectivity index (χ0) is 14.7. The summed E-state index contributed by atoms with van der Waals surface area (Å²) in [6.45, 7) is 4.11. The smallest absolute Gasteiger partial charge is 0.283 e. The van der Waals surface area contributed by atoms with Crippen molar-refractivity contribution in [3.63, 3.8) is 0 Å². The summed E-state index contributed by atoms with van der Waals surface area (Å²) in [6, 6.07) is 13.4. The molecular weight excluding hydrogens is 320 g/mol. The number of anilines is 1. The molecule has 0 spiro atoms. The van der Waals surface area contributed by atoms with Crippen LogP contribution in [0.25, 0.3) is 0 Å². The van der Waals surface area contributed by atoms with Crippen LogP contribution in [0.3, 0.4) is 0 Å². The topological polar surface area (TPSA) is 55.2 Å². The monoisotopic (exact) mass is 334 g/mol. The van der Waals surface area contributed by atoms with Gasteiger partial charge in [0.25, 0.3) is 5.69 Å². The molecule has 1 N–H and O–H groups in total. The Bertz CT molecular complexity index is 626. The number of benzene rings is 2. The van der Waals surface area contributed by atoms with Gasteiger partial charge in [0.15, 0.2) is 0 Å². The van der Waals surface area contributed by atoms with Crippen LogP contribution in [-0.4, -0.2) is 4.92 Å². The Balaban J connectivity index is 2.15. The maximum atomic E-state index is 10.8. The molecule has 0 radical (unpaired) electrons. The Kier molecular flexibility index (Phi) is 4.39. The minimum atomic E-state index is -0.405. The van der Waals surface area contributed by atoms with Crippen molar-refractivity contribution in [2.75, 3.05) is 5.32 Å². The predicted molar refractivity (Wildman–Crippen MR) is 84.0 cm³/mol. The van der Waals surface area contributed by atoms with Gasteiger partial charge in [0.1, 0.15) is 0 Å². The number of nitrogens with one attached hydrogen (secondary N) is 1. The molecule has 2 rings (SSSR count). The predicted octanol–water partition coefficient (Wildman–Crippen LogP) is 4.84. The van der Waals surface area contributed by atoms with E-state index in [0.717, 1.165) is 5.69 Å². The van der Waals surface area contributed by atoms with E-state index in [1.165, 1.54) is 17.2 Å². The molecule has 0 aliphatic carbocycles. The summed E-state index contributed by atoms with van der Waals surface area (Å²) in [6.07, 6.45) is 0. The second kappa shape index (κ2) is 6.05. The lowest BCUT2D eigenvalue weighted by Crippen LogP contribution is -2.06. The Hall–Kier alpha value is -1.88. The molecule has 0 aromatic heterocycles. The molecule has 4 nitrogen and oxygen atoms in total. The van der Waals surface area contributed by atoms with Crippen molar-refractivity contribution in [1.29, 1.82) is 0 Å². The van der Waals surface area contributed by atoms with Crippen molar-refractivity contribution in [3.8, 4) is 0 Å². The lowest BCUT2D eigenvalue weighted by atomic mass is 10.1. The van der Waals surface area contributed by atoms with Gasteiger partial charge in [-0.3, -0.25) is 10.1 Å². The number of halogens is 1. The van der Waals surface area contributed by atoms with Crippen molar-refractivity contribution >= 4 is 27.3 Å². The molecular formula is C15H15BrN2O2. The highest BCUT2D eigenvalue weighted by molar-refractivity contribution is 9.10. The van der Waals surface area contributed by atoms with Crippen molar-refractivity contribution < 1.29 is 4.92 Å². The number of nitro benzene ring substituents is 1. The van der Waals surface area contributed by atoms with E-state index in [0.29, 0.717) is 4.47 Å². The van der Waals surface area contributed by atoms with Gasteiger partial charge >= 0.3 is 0 Å². The van der Waals surface area contributed by atoms with Crippen molar-refractivity contribution in [2.24, 2.45) is 0 Å². The Labute approximate surface area is 126 Å². The maximum absolute atomic E-state index is 10.8. The van der Waals surface area contributed by atoms with E-state index in [1.54, 1.807) is 12.1 Å². The van der Waals surface area contributed by atoms with Crippen LogP contribution in [0, 0.1) is 17.0 Å². The quantitative estimate of drug-likeness (QED) is 0.642. The minimum Gasteiger partial charge on any atom is -0.378 e. The first kappa shape index (κ1) is 14.5. The summed E-state index contributed by atoms with van der Waals surface area (Å²) in [5.41, 5.74) is 3.30. The minimum absolute atomic E-state index is 0.0681. The van der Waals surface area contributed by atoms with Crippen LogP contribution in [-0.2, 0) is 0 Å². The van der Waals surface area contributed by atoms with E-state index in [2.05, 4.69) is 59.4 Å². The highest BCUT2D eigenvalue weighted by Crippen LogP contribution is 2.29. The van der Waals surface area contributed by atoms with Gasteiger partial charge in [-0.2, -0.15) is 0 Å². The zero-order valence-corrected chi connectivity index (χ0v) is 12.8. The van der Waals surface area contributed by atoms with E-state index >= 15 is 0 Å². The number of hydrogen-bond donors (Lipinski definition) is 1. The van der Waals surface area contributed by atoms with Crippen LogP contribution >= 0.6 is 15.9 Å². The molecule has 5 heteroatoms. The highest BCUT2D eigenvalue weighted by atomic mass is 79.9. The van der Waals surface area contributed by atoms with Gasteiger partial charge in [-0.1, -0.05) is 29.8 Å². The number of nitro groups is 1. The Morgan fingerprint density at radius 1 is 1.20 bits per heavy atom. The van der Waals surface area contributed by atoms with E-state index in [1.807, 2.05) is 0 Å². The number of hydrogen-bond acceptors (Lipinski definition) is 3. The fraction of sp³-hybridized carbons (Fsp3) is 0.200. The molecule has 1 atom stereocenters. The van der Waals surface area contributed by atoms with Crippen LogP contribution in [0.1, 0.15) is 24.1 Å².